The number of nitrogens with zero attached hydrogens (tertiary/aromatic N) is 1. The molecule has 2 heterocycles. The van der Waals surface area contributed by atoms with Gasteiger partial charge in [0.15, 0.2) is 0 Å². The summed E-state index contributed by atoms with van der Waals surface area (Å²) in [5, 5.41) is 2.88. The molecule has 2 aromatic rings. The number of piperidine rings is 1. The van der Waals surface area contributed by atoms with E-state index >= 15 is 0 Å². The largest absolute Gasteiger partial charge is 0.467 e. The quantitative estimate of drug-likeness (QED) is 0.914. The van der Waals surface area contributed by atoms with Crippen molar-refractivity contribution >= 4 is 11.8 Å². The summed E-state index contributed by atoms with van der Waals surface area (Å²) in [6, 6.07) is 8.57. The number of benzene rings is 1. The van der Waals surface area contributed by atoms with Crippen molar-refractivity contribution in [3.05, 3.63) is 59.3 Å². The summed E-state index contributed by atoms with van der Waals surface area (Å²) in [6.07, 6.45) is 2.19. The lowest BCUT2D eigenvalue weighted by Gasteiger charge is -2.37. The maximum Gasteiger partial charge on any atom is 0.225 e. The van der Waals surface area contributed by atoms with E-state index in [0.717, 1.165) is 5.56 Å². The van der Waals surface area contributed by atoms with Crippen LogP contribution >= 0.6 is 0 Å². The molecule has 0 aliphatic carbocycles. The minimum atomic E-state index is -0.307. The molecule has 5 nitrogen and oxygen atoms in total. The first-order valence-corrected chi connectivity index (χ1v) is 8.75. The van der Waals surface area contributed by atoms with Gasteiger partial charge >= 0.3 is 0 Å². The number of amides is 2. The van der Waals surface area contributed by atoms with Gasteiger partial charge < -0.3 is 14.6 Å². The van der Waals surface area contributed by atoms with Gasteiger partial charge in [-0.05, 0) is 42.7 Å². The number of hydrogen-bond donors (Lipinski definition) is 1. The lowest BCUT2D eigenvalue weighted by atomic mass is 9.83. The predicted molar refractivity (Wildman–Crippen MR) is 94.8 cm³/mol. The van der Waals surface area contributed by atoms with Crippen molar-refractivity contribution in [1.82, 2.24) is 10.2 Å². The zero-order valence-corrected chi connectivity index (χ0v) is 15.0. The molecule has 138 valence electrons. The number of nitrogens with one attached hydrogen (secondary N) is 1. The number of carbonyl (C=O) groups is 2. The lowest BCUT2D eigenvalue weighted by Crippen LogP contribution is -2.47. The van der Waals surface area contributed by atoms with Crippen LogP contribution in [0.15, 0.2) is 41.0 Å². The third-order valence-corrected chi connectivity index (χ3v) is 4.94. The highest BCUT2D eigenvalue weighted by atomic mass is 19.1. The topological polar surface area (TPSA) is 62.6 Å². The monoisotopic (exact) mass is 358 g/mol. The maximum atomic E-state index is 13.6. The van der Waals surface area contributed by atoms with Crippen molar-refractivity contribution in [2.45, 2.75) is 32.7 Å². The average molecular weight is 358 g/mol. The Morgan fingerprint density at radius 3 is 2.77 bits per heavy atom. The molecule has 1 fully saturated rings. The first-order valence-electron chi connectivity index (χ1n) is 8.75. The van der Waals surface area contributed by atoms with E-state index in [1.165, 1.54) is 13.0 Å². The van der Waals surface area contributed by atoms with Gasteiger partial charge in [-0.1, -0.05) is 12.1 Å². The van der Waals surface area contributed by atoms with Gasteiger partial charge in [0.05, 0.1) is 18.7 Å². The Morgan fingerprint density at radius 2 is 2.12 bits per heavy atom. The predicted octanol–water partition coefficient (Wildman–Crippen LogP) is 3.00. The molecule has 1 aliphatic heterocycles. The zero-order chi connectivity index (χ0) is 18.7. The fourth-order valence-corrected chi connectivity index (χ4v) is 3.44. The molecule has 2 atom stereocenters. The molecule has 1 aliphatic rings. The molecule has 1 aromatic carbocycles. The number of likely N-dealkylation sites (tertiary alicyclic amines) is 1. The SMILES string of the molecule is CC(=O)N1C[C@@H](C(=O)NCc2ccco2)C[C@@H](c2ccc(F)c(C)c2)C1. The number of hydrogen-bond acceptors (Lipinski definition) is 3. The molecule has 2 amide bonds. The Labute approximate surface area is 152 Å². The lowest BCUT2D eigenvalue weighted by molar-refractivity contribution is -0.134. The van der Waals surface area contributed by atoms with Crippen molar-refractivity contribution in [2.75, 3.05) is 13.1 Å². The fourth-order valence-electron chi connectivity index (χ4n) is 3.44. The van der Waals surface area contributed by atoms with E-state index in [1.54, 1.807) is 42.4 Å². The summed E-state index contributed by atoms with van der Waals surface area (Å²) in [7, 11) is 0. The zero-order valence-electron chi connectivity index (χ0n) is 15.0. The van der Waals surface area contributed by atoms with Gasteiger partial charge in [-0.3, -0.25) is 9.59 Å². The van der Waals surface area contributed by atoms with Crippen LogP contribution in [0.4, 0.5) is 4.39 Å². The summed E-state index contributed by atoms with van der Waals surface area (Å²) in [6.45, 7) is 4.50. The van der Waals surface area contributed by atoms with Gasteiger partial charge in [0.25, 0.3) is 0 Å². The summed E-state index contributed by atoms with van der Waals surface area (Å²) in [5.41, 5.74) is 1.53. The Morgan fingerprint density at radius 1 is 1.31 bits per heavy atom. The molecule has 1 N–H and O–H groups in total. The van der Waals surface area contributed by atoms with Crippen LogP contribution in [0.5, 0.6) is 0 Å². The van der Waals surface area contributed by atoms with E-state index in [1.807, 2.05) is 0 Å². The standard InChI is InChI=1S/C20H23FN2O3/c1-13-8-15(5-6-19(13)21)16-9-17(12-23(11-16)14(2)24)20(25)22-10-18-4-3-7-26-18/h3-8,16-17H,9-12H2,1-2H3,(H,22,25)/t16-,17+/m1/s1. The Bertz CT molecular complexity index is 788. The van der Waals surface area contributed by atoms with Gasteiger partial charge in [-0.25, -0.2) is 4.39 Å². The molecular weight excluding hydrogens is 335 g/mol. The van der Waals surface area contributed by atoms with E-state index in [2.05, 4.69) is 5.32 Å². The Kier molecular flexibility index (Phi) is 5.40. The Balaban J connectivity index is 1.73. The minimum absolute atomic E-state index is 0.00585. The third kappa shape index (κ3) is 4.12. The smallest absolute Gasteiger partial charge is 0.225 e. The molecule has 26 heavy (non-hydrogen) atoms. The van der Waals surface area contributed by atoms with Crippen LogP contribution in [0.1, 0.15) is 36.1 Å². The van der Waals surface area contributed by atoms with Gasteiger partial charge in [-0.2, -0.15) is 0 Å². The van der Waals surface area contributed by atoms with E-state index in [0.29, 0.717) is 37.4 Å². The van der Waals surface area contributed by atoms with Crippen LogP contribution in [0, 0.1) is 18.7 Å². The molecule has 6 heteroatoms. The maximum absolute atomic E-state index is 13.6. The highest BCUT2D eigenvalue weighted by molar-refractivity contribution is 5.80. The molecular formula is C20H23FN2O3. The van der Waals surface area contributed by atoms with Gasteiger partial charge in [0.2, 0.25) is 11.8 Å². The van der Waals surface area contributed by atoms with Crippen molar-refractivity contribution in [1.29, 1.82) is 0 Å². The van der Waals surface area contributed by atoms with Crippen LogP contribution < -0.4 is 5.32 Å². The number of aryl methyl sites for hydroxylation is 1. The Hall–Kier alpha value is -2.63. The van der Waals surface area contributed by atoms with Crippen molar-refractivity contribution in [3.8, 4) is 0 Å². The normalized spacial score (nSPS) is 20.0. The molecule has 0 radical (unpaired) electrons. The van der Waals surface area contributed by atoms with Crippen LogP contribution in [-0.4, -0.2) is 29.8 Å². The second-order valence-corrected chi connectivity index (χ2v) is 6.86. The van der Waals surface area contributed by atoms with E-state index < -0.39 is 0 Å². The molecule has 1 aromatic heterocycles. The van der Waals surface area contributed by atoms with Crippen LogP contribution in [0.3, 0.4) is 0 Å². The molecule has 0 saturated carbocycles. The molecule has 0 bridgehead atoms. The van der Waals surface area contributed by atoms with Gasteiger partial charge in [0.1, 0.15) is 11.6 Å². The highest BCUT2D eigenvalue weighted by Crippen LogP contribution is 2.31. The van der Waals surface area contributed by atoms with Crippen LogP contribution in [-0.2, 0) is 16.1 Å². The summed E-state index contributed by atoms with van der Waals surface area (Å²) in [5.74, 6) is -0.0261. The number of carbonyl (C=O) groups excluding carboxylic acids is 2. The number of furan rings is 1. The third-order valence-electron chi connectivity index (χ3n) is 4.94. The second-order valence-electron chi connectivity index (χ2n) is 6.86. The van der Waals surface area contributed by atoms with Crippen molar-refractivity contribution < 1.29 is 18.4 Å². The van der Waals surface area contributed by atoms with E-state index in [4.69, 9.17) is 4.42 Å². The molecule has 3 rings (SSSR count). The fraction of sp³-hybridized carbons (Fsp3) is 0.400. The van der Waals surface area contributed by atoms with Crippen LogP contribution in [0.25, 0.3) is 0 Å². The minimum Gasteiger partial charge on any atom is -0.467 e. The molecule has 0 spiro atoms. The van der Waals surface area contributed by atoms with Crippen LogP contribution in [0.2, 0.25) is 0 Å². The number of halogens is 1. The molecule has 1 saturated heterocycles. The van der Waals surface area contributed by atoms with E-state index in [-0.39, 0.29) is 29.5 Å². The second kappa shape index (κ2) is 7.72. The van der Waals surface area contributed by atoms with Crippen molar-refractivity contribution in [3.63, 3.8) is 0 Å². The summed E-state index contributed by atoms with van der Waals surface area (Å²) < 4.78 is 18.8. The molecule has 0 unspecified atom stereocenters. The summed E-state index contributed by atoms with van der Waals surface area (Å²) in [4.78, 5) is 26.2. The highest BCUT2D eigenvalue weighted by Gasteiger charge is 2.33. The van der Waals surface area contributed by atoms with Gasteiger partial charge in [0, 0.05) is 25.9 Å². The first kappa shape index (κ1) is 18.2. The first-order chi connectivity index (χ1) is 12.4. The van der Waals surface area contributed by atoms with Gasteiger partial charge in [-0.15, -0.1) is 0 Å². The average Bonchev–Trinajstić information content (AvgIpc) is 3.15. The van der Waals surface area contributed by atoms with Crippen molar-refractivity contribution in [2.24, 2.45) is 5.92 Å². The van der Waals surface area contributed by atoms with E-state index in [9.17, 15) is 14.0 Å². The summed E-state index contributed by atoms with van der Waals surface area (Å²) >= 11 is 0. The number of rotatable bonds is 4.